The minimum atomic E-state index is 0.333. The lowest BCUT2D eigenvalue weighted by Crippen LogP contribution is -2.40. The van der Waals surface area contributed by atoms with Crippen LogP contribution < -0.4 is 0 Å². The molecule has 1 atom stereocenters. The van der Waals surface area contributed by atoms with Gasteiger partial charge in [0.15, 0.2) is 0 Å². The molecule has 1 saturated heterocycles. The predicted octanol–water partition coefficient (Wildman–Crippen LogP) is 2.82. The Balaban J connectivity index is 1.61. The molecule has 0 unspecified atom stereocenters. The molecule has 0 N–H and O–H groups in total. The van der Waals surface area contributed by atoms with Crippen molar-refractivity contribution in [2.45, 2.75) is 38.5 Å². The number of aromatic nitrogens is 2. The molecule has 20 heavy (non-hydrogen) atoms. The van der Waals surface area contributed by atoms with Gasteiger partial charge in [-0.25, -0.2) is 4.98 Å². The quantitative estimate of drug-likeness (QED) is 0.852. The maximum atomic E-state index is 12.3. The minimum absolute atomic E-state index is 0.333. The fraction of sp³-hybridized carbons (Fsp3) is 0.600. The van der Waals surface area contributed by atoms with E-state index < -0.39 is 0 Å². The van der Waals surface area contributed by atoms with Crippen molar-refractivity contribution in [1.82, 2.24) is 14.3 Å². The summed E-state index contributed by atoms with van der Waals surface area (Å²) in [5.74, 6) is 2.18. The standard InChI is InChI=1S/C15H19N3OS/c1-10-16-13(15-18(10)7-8-20-15)12-3-2-6-17(9-12)14(19)11-4-5-11/h7-8,11-12H,2-6,9H2,1H3/t12-/m1/s1. The third-order valence-electron chi connectivity index (χ3n) is 4.50. The molecule has 0 radical (unpaired) electrons. The van der Waals surface area contributed by atoms with Gasteiger partial charge in [-0.2, -0.15) is 0 Å². The molecule has 4 nitrogen and oxygen atoms in total. The topological polar surface area (TPSA) is 37.6 Å². The van der Waals surface area contributed by atoms with E-state index >= 15 is 0 Å². The summed E-state index contributed by atoms with van der Waals surface area (Å²) in [5.41, 5.74) is 1.20. The lowest BCUT2D eigenvalue weighted by molar-refractivity contribution is -0.133. The van der Waals surface area contributed by atoms with E-state index in [-0.39, 0.29) is 0 Å². The van der Waals surface area contributed by atoms with E-state index in [1.165, 1.54) is 10.5 Å². The third kappa shape index (κ3) is 1.95. The Bertz CT molecular complexity index is 655. The minimum Gasteiger partial charge on any atom is -0.342 e. The Morgan fingerprint density at radius 3 is 3.05 bits per heavy atom. The molecule has 4 rings (SSSR count). The van der Waals surface area contributed by atoms with Gasteiger partial charge in [0, 0.05) is 36.5 Å². The van der Waals surface area contributed by atoms with Crippen LogP contribution in [0.2, 0.25) is 0 Å². The van der Waals surface area contributed by atoms with Crippen LogP contribution in [-0.2, 0) is 4.79 Å². The van der Waals surface area contributed by atoms with Gasteiger partial charge in [-0.15, -0.1) is 11.3 Å². The fourth-order valence-electron chi connectivity index (χ4n) is 3.25. The highest BCUT2D eigenvalue weighted by Crippen LogP contribution is 2.36. The molecule has 1 amide bonds. The zero-order valence-electron chi connectivity index (χ0n) is 11.7. The first kappa shape index (κ1) is 12.4. The Morgan fingerprint density at radius 1 is 1.40 bits per heavy atom. The van der Waals surface area contributed by atoms with Gasteiger partial charge in [0.05, 0.1) is 5.69 Å². The lowest BCUT2D eigenvalue weighted by Gasteiger charge is -2.32. The second kappa shape index (κ2) is 4.58. The number of nitrogens with zero attached hydrogens (tertiary/aromatic N) is 3. The van der Waals surface area contributed by atoms with Crippen molar-refractivity contribution in [2.75, 3.05) is 13.1 Å². The zero-order chi connectivity index (χ0) is 13.7. The molecule has 1 aliphatic heterocycles. The molecule has 1 saturated carbocycles. The summed E-state index contributed by atoms with van der Waals surface area (Å²) in [4.78, 5) is 20.4. The van der Waals surface area contributed by atoms with Gasteiger partial charge in [-0.3, -0.25) is 9.20 Å². The molecule has 2 aromatic heterocycles. The second-order valence-electron chi connectivity index (χ2n) is 6.02. The number of aryl methyl sites for hydroxylation is 1. The lowest BCUT2D eigenvalue weighted by atomic mass is 9.95. The van der Waals surface area contributed by atoms with Crippen LogP contribution in [0.5, 0.6) is 0 Å². The average Bonchev–Trinajstić information content (AvgIpc) is 3.12. The molecule has 1 aliphatic carbocycles. The first-order valence-electron chi connectivity index (χ1n) is 7.45. The van der Waals surface area contributed by atoms with Crippen LogP contribution in [0, 0.1) is 12.8 Å². The molecular weight excluding hydrogens is 270 g/mol. The Kier molecular flexibility index (Phi) is 2.84. The molecule has 0 bridgehead atoms. The molecule has 2 aromatic rings. The third-order valence-corrected chi connectivity index (χ3v) is 5.39. The number of piperidine rings is 1. The molecule has 3 heterocycles. The van der Waals surface area contributed by atoms with E-state index in [1.807, 2.05) is 0 Å². The van der Waals surface area contributed by atoms with E-state index in [0.29, 0.717) is 17.7 Å². The van der Waals surface area contributed by atoms with Crippen molar-refractivity contribution in [3.63, 3.8) is 0 Å². The van der Waals surface area contributed by atoms with Crippen LogP contribution in [0.15, 0.2) is 11.6 Å². The van der Waals surface area contributed by atoms with Gasteiger partial charge in [-0.05, 0) is 32.6 Å². The number of carbonyl (C=O) groups excluding carboxylic acids is 1. The number of hydrogen-bond donors (Lipinski definition) is 0. The highest BCUT2D eigenvalue weighted by molar-refractivity contribution is 7.15. The van der Waals surface area contributed by atoms with Crippen LogP contribution in [0.3, 0.4) is 0 Å². The van der Waals surface area contributed by atoms with Crippen molar-refractivity contribution >= 4 is 22.1 Å². The van der Waals surface area contributed by atoms with E-state index in [1.54, 1.807) is 11.3 Å². The first-order chi connectivity index (χ1) is 9.74. The van der Waals surface area contributed by atoms with Crippen LogP contribution >= 0.6 is 11.3 Å². The van der Waals surface area contributed by atoms with Crippen molar-refractivity contribution in [1.29, 1.82) is 0 Å². The highest BCUT2D eigenvalue weighted by atomic mass is 32.1. The summed E-state index contributed by atoms with van der Waals surface area (Å²) >= 11 is 1.75. The summed E-state index contributed by atoms with van der Waals surface area (Å²) in [6.45, 7) is 3.85. The number of fused-ring (bicyclic) bond motifs is 1. The molecule has 106 valence electrons. The average molecular weight is 289 g/mol. The summed E-state index contributed by atoms with van der Waals surface area (Å²) < 4.78 is 2.17. The van der Waals surface area contributed by atoms with E-state index in [9.17, 15) is 4.79 Å². The number of imidazole rings is 1. The largest absolute Gasteiger partial charge is 0.342 e. The van der Waals surface area contributed by atoms with Crippen molar-refractivity contribution in [2.24, 2.45) is 5.92 Å². The van der Waals surface area contributed by atoms with Crippen LogP contribution in [0.4, 0.5) is 0 Å². The molecule has 2 fully saturated rings. The predicted molar refractivity (Wildman–Crippen MR) is 79.1 cm³/mol. The molecule has 0 aromatic carbocycles. The highest BCUT2D eigenvalue weighted by Gasteiger charge is 2.36. The molecule has 5 heteroatoms. The number of thiazole rings is 1. The van der Waals surface area contributed by atoms with E-state index in [2.05, 4.69) is 27.8 Å². The monoisotopic (exact) mass is 289 g/mol. The van der Waals surface area contributed by atoms with Gasteiger partial charge in [0.1, 0.15) is 10.7 Å². The molecule has 2 aliphatic rings. The Morgan fingerprint density at radius 2 is 2.25 bits per heavy atom. The van der Waals surface area contributed by atoms with E-state index in [0.717, 1.165) is 44.6 Å². The SMILES string of the molecule is Cc1nc([C@@H]2CCCN(C(=O)C3CC3)C2)c2sccn12. The maximum Gasteiger partial charge on any atom is 0.225 e. The van der Waals surface area contributed by atoms with Gasteiger partial charge in [0.2, 0.25) is 5.91 Å². The Hall–Kier alpha value is -1.36. The van der Waals surface area contributed by atoms with Crippen molar-refractivity contribution < 1.29 is 4.79 Å². The molecular formula is C15H19N3OS. The number of amides is 1. The van der Waals surface area contributed by atoms with Gasteiger partial charge < -0.3 is 4.90 Å². The zero-order valence-corrected chi connectivity index (χ0v) is 12.5. The first-order valence-corrected chi connectivity index (χ1v) is 8.33. The van der Waals surface area contributed by atoms with Crippen molar-refractivity contribution in [3.8, 4) is 0 Å². The maximum absolute atomic E-state index is 12.3. The summed E-state index contributed by atoms with van der Waals surface area (Å²) in [5, 5.41) is 2.11. The van der Waals surface area contributed by atoms with Crippen LogP contribution in [-0.4, -0.2) is 33.3 Å². The number of rotatable bonds is 2. The van der Waals surface area contributed by atoms with Gasteiger partial charge in [-0.1, -0.05) is 0 Å². The van der Waals surface area contributed by atoms with Crippen LogP contribution in [0.1, 0.15) is 43.1 Å². The number of hydrogen-bond acceptors (Lipinski definition) is 3. The summed E-state index contributed by atoms with van der Waals surface area (Å²) in [7, 11) is 0. The Labute approximate surface area is 122 Å². The van der Waals surface area contributed by atoms with Gasteiger partial charge >= 0.3 is 0 Å². The van der Waals surface area contributed by atoms with Crippen molar-refractivity contribution in [3.05, 3.63) is 23.1 Å². The fourth-order valence-corrected chi connectivity index (χ4v) is 4.20. The van der Waals surface area contributed by atoms with Gasteiger partial charge in [0.25, 0.3) is 0 Å². The summed E-state index contributed by atoms with van der Waals surface area (Å²) in [6, 6.07) is 0. The normalized spacial score (nSPS) is 23.4. The summed E-state index contributed by atoms with van der Waals surface area (Å²) in [6.07, 6.45) is 6.53. The second-order valence-corrected chi connectivity index (χ2v) is 6.91. The number of likely N-dealkylation sites (tertiary alicyclic amines) is 1. The molecule has 0 spiro atoms. The van der Waals surface area contributed by atoms with E-state index in [4.69, 9.17) is 4.98 Å². The smallest absolute Gasteiger partial charge is 0.225 e. The number of carbonyl (C=O) groups is 1. The van der Waals surface area contributed by atoms with Crippen LogP contribution in [0.25, 0.3) is 4.83 Å².